The summed E-state index contributed by atoms with van der Waals surface area (Å²) in [5, 5.41) is 4.78. The molecule has 1 aromatic heterocycles. The molecule has 0 spiro atoms. The van der Waals surface area contributed by atoms with Crippen molar-refractivity contribution >= 4 is 16.8 Å². The molecule has 1 heterocycles. The number of fused-ring (bicyclic) bond motifs is 1. The zero-order valence-corrected chi connectivity index (χ0v) is 12.8. The molecule has 0 saturated heterocycles. The van der Waals surface area contributed by atoms with E-state index in [0.717, 1.165) is 19.1 Å². The molecule has 21 heavy (non-hydrogen) atoms. The van der Waals surface area contributed by atoms with Crippen molar-refractivity contribution in [2.45, 2.75) is 38.4 Å². The Labute approximate surface area is 125 Å². The molecule has 1 amide bonds. The standard InChI is InChI=1S/C17H23N3O/c1-19(2)17(21)8-10-20-9-7-14-4-3-13(11-16(14)20)12-18-15-5-6-15/h3-4,7,9,11,15,18H,5-6,8,10,12H2,1-2H3. The minimum atomic E-state index is 0.170. The maximum atomic E-state index is 11.7. The third-order valence-electron chi connectivity index (χ3n) is 4.08. The van der Waals surface area contributed by atoms with Gasteiger partial charge in [-0.2, -0.15) is 0 Å². The molecular formula is C17H23N3O. The minimum Gasteiger partial charge on any atom is -0.349 e. The van der Waals surface area contributed by atoms with Crippen LogP contribution >= 0.6 is 0 Å². The Balaban J connectivity index is 1.72. The van der Waals surface area contributed by atoms with E-state index >= 15 is 0 Å². The normalized spacial score (nSPS) is 14.6. The van der Waals surface area contributed by atoms with E-state index in [1.807, 2.05) is 0 Å². The Morgan fingerprint density at radius 3 is 2.86 bits per heavy atom. The first-order valence-electron chi connectivity index (χ1n) is 7.65. The van der Waals surface area contributed by atoms with Crippen LogP contribution in [0.4, 0.5) is 0 Å². The van der Waals surface area contributed by atoms with Gasteiger partial charge in [-0.15, -0.1) is 0 Å². The molecule has 1 aliphatic carbocycles. The van der Waals surface area contributed by atoms with Gasteiger partial charge in [0.15, 0.2) is 0 Å². The number of hydrogen-bond donors (Lipinski definition) is 1. The molecule has 3 rings (SSSR count). The summed E-state index contributed by atoms with van der Waals surface area (Å²) in [4.78, 5) is 13.4. The number of rotatable bonds is 6. The lowest BCUT2D eigenvalue weighted by atomic mass is 10.1. The van der Waals surface area contributed by atoms with Crippen molar-refractivity contribution in [2.24, 2.45) is 0 Å². The summed E-state index contributed by atoms with van der Waals surface area (Å²) < 4.78 is 2.18. The van der Waals surface area contributed by atoms with Gasteiger partial charge in [0.05, 0.1) is 0 Å². The Hall–Kier alpha value is -1.81. The summed E-state index contributed by atoms with van der Waals surface area (Å²) in [5.41, 5.74) is 2.53. The van der Waals surface area contributed by atoms with Crippen molar-refractivity contribution in [3.8, 4) is 0 Å². The molecule has 2 aromatic rings. The Morgan fingerprint density at radius 1 is 1.33 bits per heavy atom. The van der Waals surface area contributed by atoms with Crippen LogP contribution in [-0.2, 0) is 17.9 Å². The molecule has 4 heteroatoms. The number of aromatic nitrogens is 1. The highest BCUT2D eigenvalue weighted by Gasteiger charge is 2.19. The molecule has 112 valence electrons. The highest BCUT2D eigenvalue weighted by Crippen LogP contribution is 2.21. The van der Waals surface area contributed by atoms with Gasteiger partial charge in [0.25, 0.3) is 0 Å². The van der Waals surface area contributed by atoms with Gasteiger partial charge in [-0.05, 0) is 35.9 Å². The Morgan fingerprint density at radius 2 is 2.14 bits per heavy atom. The van der Waals surface area contributed by atoms with Crippen LogP contribution in [0.5, 0.6) is 0 Å². The molecule has 1 aromatic carbocycles. The number of aryl methyl sites for hydroxylation is 1. The van der Waals surface area contributed by atoms with Gasteiger partial charge in [-0.25, -0.2) is 0 Å². The average molecular weight is 285 g/mol. The Kier molecular flexibility index (Phi) is 3.97. The molecule has 0 bridgehead atoms. The first-order chi connectivity index (χ1) is 10.1. The first kappa shape index (κ1) is 14.1. The van der Waals surface area contributed by atoms with Crippen LogP contribution in [0.3, 0.4) is 0 Å². The highest BCUT2D eigenvalue weighted by molar-refractivity contribution is 5.81. The largest absolute Gasteiger partial charge is 0.349 e. The number of carbonyl (C=O) groups excluding carboxylic acids is 1. The van der Waals surface area contributed by atoms with Crippen LogP contribution < -0.4 is 5.32 Å². The molecule has 0 atom stereocenters. The summed E-state index contributed by atoms with van der Waals surface area (Å²) in [6.45, 7) is 1.67. The van der Waals surface area contributed by atoms with Crippen LogP contribution in [0, 0.1) is 0 Å². The van der Waals surface area contributed by atoms with Crippen molar-refractivity contribution in [1.29, 1.82) is 0 Å². The van der Waals surface area contributed by atoms with Crippen LogP contribution in [0.25, 0.3) is 10.9 Å². The van der Waals surface area contributed by atoms with E-state index in [1.165, 1.54) is 29.3 Å². The van der Waals surface area contributed by atoms with Crippen molar-refractivity contribution in [2.75, 3.05) is 14.1 Å². The molecule has 1 N–H and O–H groups in total. The van der Waals surface area contributed by atoms with E-state index in [0.29, 0.717) is 6.42 Å². The SMILES string of the molecule is CN(C)C(=O)CCn1ccc2ccc(CNC3CC3)cc21. The molecular weight excluding hydrogens is 262 g/mol. The van der Waals surface area contributed by atoms with Crippen LogP contribution in [0.2, 0.25) is 0 Å². The van der Waals surface area contributed by atoms with Crippen molar-refractivity contribution < 1.29 is 4.79 Å². The van der Waals surface area contributed by atoms with E-state index in [-0.39, 0.29) is 5.91 Å². The number of amides is 1. The third kappa shape index (κ3) is 3.45. The number of carbonyl (C=O) groups is 1. The fourth-order valence-corrected chi connectivity index (χ4v) is 2.52. The van der Waals surface area contributed by atoms with Crippen molar-refractivity contribution in [1.82, 2.24) is 14.8 Å². The van der Waals surface area contributed by atoms with E-state index in [9.17, 15) is 4.79 Å². The second-order valence-electron chi connectivity index (χ2n) is 6.10. The lowest BCUT2D eigenvalue weighted by Crippen LogP contribution is -2.22. The van der Waals surface area contributed by atoms with Gasteiger partial charge in [0, 0.05) is 51.4 Å². The summed E-state index contributed by atoms with van der Waals surface area (Å²) >= 11 is 0. The van der Waals surface area contributed by atoms with E-state index in [2.05, 4.69) is 40.3 Å². The third-order valence-corrected chi connectivity index (χ3v) is 4.08. The predicted octanol–water partition coefficient (Wildman–Crippen LogP) is 2.37. The quantitative estimate of drug-likeness (QED) is 0.885. The number of benzene rings is 1. The summed E-state index contributed by atoms with van der Waals surface area (Å²) in [6, 6.07) is 9.44. The minimum absolute atomic E-state index is 0.170. The smallest absolute Gasteiger partial charge is 0.223 e. The van der Waals surface area contributed by atoms with Crippen LogP contribution in [-0.4, -0.2) is 35.5 Å². The molecule has 1 aliphatic rings. The molecule has 0 aliphatic heterocycles. The lowest BCUT2D eigenvalue weighted by molar-refractivity contribution is -0.128. The number of nitrogens with zero attached hydrogens (tertiary/aromatic N) is 2. The van der Waals surface area contributed by atoms with Crippen LogP contribution in [0.1, 0.15) is 24.8 Å². The summed E-state index contributed by atoms with van der Waals surface area (Å²) in [5.74, 6) is 0.170. The van der Waals surface area contributed by atoms with Gasteiger partial charge in [0.2, 0.25) is 5.91 Å². The fourth-order valence-electron chi connectivity index (χ4n) is 2.52. The molecule has 1 saturated carbocycles. The second kappa shape index (κ2) is 5.90. The summed E-state index contributed by atoms with van der Waals surface area (Å²) in [7, 11) is 3.61. The number of nitrogens with one attached hydrogen (secondary N) is 1. The summed E-state index contributed by atoms with van der Waals surface area (Å²) in [6.07, 6.45) is 5.24. The zero-order chi connectivity index (χ0) is 14.8. The molecule has 0 radical (unpaired) electrons. The molecule has 0 unspecified atom stereocenters. The number of hydrogen-bond acceptors (Lipinski definition) is 2. The first-order valence-corrected chi connectivity index (χ1v) is 7.65. The molecule has 4 nitrogen and oxygen atoms in total. The van der Waals surface area contributed by atoms with E-state index < -0.39 is 0 Å². The van der Waals surface area contributed by atoms with Crippen LogP contribution in [0.15, 0.2) is 30.5 Å². The monoisotopic (exact) mass is 285 g/mol. The maximum Gasteiger partial charge on any atom is 0.223 e. The van der Waals surface area contributed by atoms with Gasteiger partial charge in [-0.1, -0.05) is 12.1 Å². The lowest BCUT2D eigenvalue weighted by Gasteiger charge is -2.11. The Bertz CT molecular complexity index is 641. The molecule has 1 fully saturated rings. The van der Waals surface area contributed by atoms with Crippen molar-refractivity contribution in [3.63, 3.8) is 0 Å². The van der Waals surface area contributed by atoms with E-state index in [4.69, 9.17) is 0 Å². The average Bonchev–Trinajstić information content (AvgIpc) is 3.22. The van der Waals surface area contributed by atoms with Crippen molar-refractivity contribution in [3.05, 3.63) is 36.0 Å². The second-order valence-corrected chi connectivity index (χ2v) is 6.10. The topological polar surface area (TPSA) is 37.3 Å². The van der Waals surface area contributed by atoms with Gasteiger partial charge < -0.3 is 14.8 Å². The van der Waals surface area contributed by atoms with Gasteiger partial charge >= 0.3 is 0 Å². The zero-order valence-electron chi connectivity index (χ0n) is 12.8. The fraction of sp³-hybridized carbons (Fsp3) is 0.471. The predicted molar refractivity (Wildman–Crippen MR) is 85.1 cm³/mol. The maximum absolute atomic E-state index is 11.7. The highest BCUT2D eigenvalue weighted by atomic mass is 16.2. The van der Waals surface area contributed by atoms with E-state index in [1.54, 1.807) is 19.0 Å². The van der Waals surface area contributed by atoms with Gasteiger partial charge in [-0.3, -0.25) is 4.79 Å². The van der Waals surface area contributed by atoms with Gasteiger partial charge in [0.1, 0.15) is 0 Å².